The van der Waals surface area contributed by atoms with E-state index in [0.29, 0.717) is 6.61 Å². The second kappa shape index (κ2) is 7.20. The summed E-state index contributed by atoms with van der Waals surface area (Å²) < 4.78 is 13.2. The average Bonchev–Trinajstić information content (AvgIpc) is 3.00. The summed E-state index contributed by atoms with van der Waals surface area (Å²) in [5, 5.41) is 8.96. The van der Waals surface area contributed by atoms with Gasteiger partial charge in [-0.05, 0) is 25.7 Å². The van der Waals surface area contributed by atoms with Gasteiger partial charge in [0.1, 0.15) is 6.33 Å². The number of aryl methyl sites for hydroxylation is 1. The summed E-state index contributed by atoms with van der Waals surface area (Å²) in [7, 11) is 0. The highest BCUT2D eigenvalue weighted by atomic mass is 32.2. The average molecular weight is 308 g/mol. The van der Waals surface area contributed by atoms with Crippen LogP contribution in [0.3, 0.4) is 0 Å². The molecule has 1 aliphatic heterocycles. The van der Waals surface area contributed by atoms with Crippen LogP contribution < -0.4 is 0 Å². The predicted molar refractivity (Wildman–Crippen MR) is 80.4 cm³/mol. The standard InChI is InChI=1S/C14H20N4O2S/c1-2-11-9-12-17-15-10-18(12)14(16-11)21-8-7-20-13-5-3-4-6-19-13/h9-10,13H,2-8H2,1H3/t13-/m1/s1. The number of fused-ring (bicyclic) bond motifs is 1. The molecule has 0 aliphatic carbocycles. The maximum Gasteiger partial charge on any atom is 0.175 e. The van der Waals surface area contributed by atoms with Crippen LogP contribution in [0, 0.1) is 0 Å². The van der Waals surface area contributed by atoms with Gasteiger partial charge in [-0.2, -0.15) is 0 Å². The van der Waals surface area contributed by atoms with Crippen LogP contribution in [0.1, 0.15) is 31.9 Å². The SMILES string of the molecule is CCc1cc2nncn2c(SCCO[C@@H]2CCCCO2)n1. The number of ether oxygens (including phenoxy) is 2. The lowest BCUT2D eigenvalue weighted by atomic mass is 10.2. The molecule has 3 rings (SSSR count). The fraction of sp³-hybridized carbons (Fsp3) is 0.643. The van der Waals surface area contributed by atoms with Crippen LogP contribution in [0.4, 0.5) is 0 Å². The summed E-state index contributed by atoms with van der Waals surface area (Å²) in [4.78, 5) is 4.64. The van der Waals surface area contributed by atoms with E-state index < -0.39 is 0 Å². The van der Waals surface area contributed by atoms with Gasteiger partial charge in [-0.15, -0.1) is 10.2 Å². The van der Waals surface area contributed by atoms with Crippen molar-refractivity contribution in [3.63, 3.8) is 0 Å². The first-order valence-corrected chi connectivity index (χ1v) is 8.41. The van der Waals surface area contributed by atoms with E-state index in [2.05, 4.69) is 22.1 Å². The predicted octanol–water partition coefficient (Wildman–Crippen LogP) is 2.32. The molecule has 1 aliphatic rings. The first kappa shape index (κ1) is 14.7. The molecule has 0 N–H and O–H groups in total. The van der Waals surface area contributed by atoms with E-state index in [4.69, 9.17) is 9.47 Å². The van der Waals surface area contributed by atoms with Crippen LogP contribution in [0.5, 0.6) is 0 Å². The van der Waals surface area contributed by atoms with Crippen molar-refractivity contribution in [2.45, 2.75) is 44.1 Å². The van der Waals surface area contributed by atoms with Crippen molar-refractivity contribution in [2.75, 3.05) is 19.0 Å². The summed E-state index contributed by atoms with van der Waals surface area (Å²) in [6, 6.07) is 1.98. The summed E-state index contributed by atoms with van der Waals surface area (Å²) in [5.41, 5.74) is 1.88. The number of nitrogens with zero attached hydrogens (tertiary/aromatic N) is 4. The Bertz CT molecular complexity index is 583. The Hall–Kier alpha value is -1.18. The highest BCUT2D eigenvalue weighted by Gasteiger charge is 2.14. The first-order chi connectivity index (χ1) is 10.4. The minimum Gasteiger partial charge on any atom is -0.353 e. The molecule has 6 nitrogen and oxygen atoms in total. The molecule has 1 saturated heterocycles. The van der Waals surface area contributed by atoms with Gasteiger partial charge in [0.05, 0.1) is 6.61 Å². The summed E-state index contributed by atoms with van der Waals surface area (Å²) in [6.45, 7) is 3.57. The fourth-order valence-electron chi connectivity index (χ4n) is 2.29. The quantitative estimate of drug-likeness (QED) is 0.464. The maximum atomic E-state index is 5.74. The van der Waals surface area contributed by atoms with E-state index in [-0.39, 0.29) is 6.29 Å². The zero-order chi connectivity index (χ0) is 14.5. The zero-order valence-corrected chi connectivity index (χ0v) is 13.0. The van der Waals surface area contributed by atoms with Crippen molar-refractivity contribution < 1.29 is 9.47 Å². The maximum absolute atomic E-state index is 5.74. The highest BCUT2D eigenvalue weighted by Crippen LogP contribution is 2.19. The van der Waals surface area contributed by atoms with E-state index in [1.807, 2.05) is 10.5 Å². The molecule has 2 aromatic rings. The van der Waals surface area contributed by atoms with Gasteiger partial charge < -0.3 is 9.47 Å². The molecule has 0 amide bonds. The molecule has 0 saturated carbocycles. The fourth-order valence-corrected chi connectivity index (χ4v) is 3.11. The number of hydrogen-bond donors (Lipinski definition) is 0. The van der Waals surface area contributed by atoms with Crippen LogP contribution >= 0.6 is 11.8 Å². The largest absolute Gasteiger partial charge is 0.353 e. The Morgan fingerprint density at radius 2 is 2.43 bits per heavy atom. The van der Waals surface area contributed by atoms with Gasteiger partial charge in [-0.25, -0.2) is 4.98 Å². The van der Waals surface area contributed by atoms with Gasteiger partial charge in [-0.3, -0.25) is 4.40 Å². The Morgan fingerprint density at radius 1 is 1.48 bits per heavy atom. The van der Waals surface area contributed by atoms with E-state index >= 15 is 0 Å². The van der Waals surface area contributed by atoms with Crippen LogP contribution in [0.25, 0.3) is 5.65 Å². The molecule has 1 atom stereocenters. The van der Waals surface area contributed by atoms with E-state index in [1.54, 1.807) is 18.1 Å². The van der Waals surface area contributed by atoms with Crippen molar-refractivity contribution in [2.24, 2.45) is 0 Å². The Labute approximate surface area is 128 Å². The molecule has 1 fully saturated rings. The third-order valence-corrected chi connectivity index (χ3v) is 4.35. The first-order valence-electron chi connectivity index (χ1n) is 7.42. The van der Waals surface area contributed by atoms with Gasteiger partial charge in [0.15, 0.2) is 17.1 Å². The normalized spacial score (nSPS) is 19.2. The monoisotopic (exact) mass is 308 g/mol. The van der Waals surface area contributed by atoms with Gasteiger partial charge in [0.2, 0.25) is 0 Å². The van der Waals surface area contributed by atoms with Gasteiger partial charge >= 0.3 is 0 Å². The molecular weight excluding hydrogens is 288 g/mol. The minimum atomic E-state index is -0.0239. The van der Waals surface area contributed by atoms with Gasteiger partial charge in [0, 0.05) is 24.1 Å². The molecule has 0 radical (unpaired) electrons. The number of thioether (sulfide) groups is 1. The van der Waals surface area contributed by atoms with Crippen molar-refractivity contribution in [1.29, 1.82) is 0 Å². The minimum absolute atomic E-state index is 0.0239. The number of hydrogen-bond acceptors (Lipinski definition) is 6. The molecule has 21 heavy (non-hydrogen) atoms. The molecule has 2 aromatic heterocycles. The van der Waals surface area contributed by atoms with E-state index in [9.17, 15) is 0 Å². The van der Waals surface area contributed by atoms with Gasteiger partial charge in [0.25, 0.3) is 0 Å². The topological polar surface area (TPSA) is 61.5 Å². The van der Waals surface area contributed by atoms with Crippen molar-refractivity contribution in [3.05, 3.63) is 18.1 Å². The van der Waals surface area contributed by atoms with Crippen LogP contribution in [0.2, 0.25) is 0 Å². The van der Waals surface area contributed by atoms with E-state index in [1.165, 1.54) is 6.42 Å². The summed E-state index contributed by atoms with van der Waals surface area (Å²) in [5.74, 6) is 0.841. The third-order valence-electron chi connectivity index (χ3n) is 3.43. The van der Waals surface area contributed by atoms with Crippen molar-refractivity contribution in [3.8, 4) is 0 Å². The van der Waals surface area contributed by atoms with Crippen LogP contribution in [-0.4, -0.2) is 44.8 Å². The molecule has 0 unspecified atom stereocenters. The third kappa shape index (κ3) is 3.72. The Morgan fingerprint density at radius 3 is 3.24 bits per heavy atom. The molecular formula is C14H20N4O2S. The van der Waals surface area contributed by atoms with Crippen LogP contribution in [-0.2, 0) is 15.9 Å². The lowest BCUT2D eigenvalue weighted by Gasteiger charge is -2.22. The van der Waals surface area contributed by atoms with Crippen LogP contribution in [0.15, 0.2) is 17.6 Å². The second-order valence-corrected chi connectivity index (χ2v) is 6.02. The van der Waals surface area contributed by atoms with E-state index in [0.717, 1.165) is 48.1 Å². The highest BCUT2D eigenvalue weighted by molar-refractivity contribution is 7.99. The van der Waals surface area contributed by atoms with Crippen molar-refractivity contribution in [1.82, 2.24) is 19.6 Å². The molecule has 114 valence electrons. The van der Waals surface area contributed by atoms with Crippen molar-refractivity contribution >= 4 is 17.4 Å². The molecule has 0 bridgehead atoms. The molecule has 0 spiro atoms. The summed E-state index contributed by atoms with van der Waals surface area (Å²) in [6.07, 6.45) is 5.92. The Kier molecular flexibility index (Phi) is 5.05. The van der Waals surface area contributed by atoms with Gasteiger partial charge in [-0.1, -0.05) is 18.7 Å². The lowest BCUT2D eigenvalue weighted by Crippen LogP contribution is -2.23. The smallest absolute Gasteiger partial charge is 0.175 e. The molecule has 3 heterocycles. The zero-order valence-electron chi connectivity index (χ0n) is 12.2. The molecule has 7 heteroatoms. The summed E-state index contributed by atoms with van der Waals surface area (Å²) >= 11 is 1.66. The lowest BCUT2D eigenvalue weighted by molar-refractivity contribution is -0.158. The second-order valence-electron chi connectivity index (χ2n) is 4.96. The number of rotatable bonds is 6. The molecule has 0 aromatic carbocycles. The number of aromatic nitrogens is 4. The Balaban J connectivity index is 1.55.